The average molecular weight is 304 g/mol. The Bertz CT molecular complexity index is 561. The number of methoxy groups -OCH3 is 1. The molecular formula is C17H24N2OS. The highest BCUT2D eigenvalue weighted by molar-refractivity contribution is 7.11. The summed E-state index contributed by atoms with van der Waals surface area (Å²) < 4.78 is 5.18. The number of hydrogen-bond acceptors (Lipinski definition) is 4. The molecule has 1 aromatic carbocycles. The molecule has 0 aliphatic carbocycles. The van der Waals surface area contributed by atoms with E-state index in [2.05, 4.69) is 38.2 Å². The lowest BCUT2D eigenvalue weighted by atomic mass is 10.1. The zero-order chi connectivity index (χ0) is 15.2. The van der Waals surface area contributed by atoms with Crippen LogP contribution in [0.1, 0.15) is 35.0 Å². The number of nitrogens with one attached hydrogen (secondary N) is 1. The van der Waals surface area contributed by atoms with E-state index in [0.717, 1.165) is 31.0 Å². The maximum atomic E-state index is 5.18. The fraction of sp³-hybridized carbons (Fsp3) is 0.471. The maximum Gasteiger partial charge on any atom is 0.118 e. The molecule has 0 radical (unpaired) electrons. The van der Waals surface area contributed by atoms with E-state index in [-0.39, 0.29) is 0 Å². The van der Waals surface area contributed by atoms with Gasteiger partial charge in [-0.3, -0.25) is 0 Å². The second-order valence-corrected chi connectivity index (χ2v) is 6.83. The quantitative estimate of drug-likeness (QED) is 0.845. The third kappa shape index (κ3) is 4.83. The van der Waals surface area contributed by atoms with Crippen molar-refractivity contribution in [1.82, 2.24) is 10.3 Å². The van der Waals surface area contributed by atoms with E-state index in [4.69, 9.17) is 9.72 Å². The van der Waals surface area contributed by atoms with Crippen LogP contribution in [0.3, 0.4) is 0 Å². The van der Waals surface area contributed by atoms with Gasteiger partial charge in [0.05, 0.1) is 17.8 Å². The second kappa shape index (κ2) is 7.57. The van der Waals surface area contributed by atoms with Crippen molar-refractivity contribution in [3.8, 4) is 5.75 Å². The van der Waals surface area contributed by atoms with Gasteiger partial charge in [0, 0.05) is 17.8 Å². The van der Waals surface area contributed by atoms with Gasteiger partial charge in [-0.2, -0.15) is 0 Å². The van der Waals surface area contributed by atoms with Gasteiger partial charge in [0.2, 0.25) is 0 Å². The van der Waals surface area contributed by atoms with E-state index in [9.17, 15) is 0 Å². The molecule has 2 rings (SSSR count). The molecule has 0 bridgehead atoms. The van der Waals surface area contributed by atoms with Gasteiger partial charge in [-0.05, 0) is 37.1 Å². The Morgan fingerprint density at radius 1 is 1.24 bits per heavy atom. The van der Waals surface area contributed by atoms with Gasteiger partial charge in [-0.15, -0.1) is 11.3 Å². The predicted octanol–water partition coefficient (Wildman–Crippen LogP) is 3.80. The molecule has 3 nitrogen and oxygen atoms in total. The number of hydrogen-bond donors (Lipinski definition) is 1. The van der Waals surface area contributed by atoms with E-state index >= 15 is 0 Å². The van der Waals surface area contributed by atoms with Gasteiger partial charge >= 0.3 is 0 Å². The van der Waals surface area contributed by atoms with Gasteiger partial charge in [0.25, 0.3) is 0 Å². The molecule has 1 heterocycles. The summed E-state index contributed by atoms with van der Waals surface area (Å²) in [4.78, 5) is 6.04. The summed E-state index contributed by atoms with van der Waals surface area (Å²) in [6.07, 6.45) is 0.889. The van der Waals surface area contributed by atoms with Crippen molar-refractivity contribution >= 4 is 11.3 Å². The predicted molar refractivity (Wildman–Crippen MR) is 89.2 cm³/mol. The van der Waals surface area contributed by atoms with Gasteiger partial charge in [-0.25, -0.2) is 4.98 Å². The molecule has 0 aliphatic heterocycles. The summed E-state index contributed by atoms with van der Waals surface area (Å²) in [6.45, 7) is 8.51. The number of aromatic nitrogens is 1. The molecular weight excluding hydrogens is 280 g/mol. The Labute approximate surface area is 131 Å². The third-order valence-corrected chi connectivity index (χ3v) is 4.45. The lowest BCUT2D eigenvalue weighted by Crippen LogP contribution is -2.18. The monoisotopic (exact) mass is 304 g/mol. The fourth-order valence-corrected chi connectivity index (χ4v) is 3.19. The average Bonchev–Trinajstić information content (AvgIpc) is 2.79. The summed E-state index contributed by atoms with van der Waals surface area (Å²) in [5.74, 6) is 1.57. The van der Waals surface area contributed by atoms with Gasteiger partial charge in [-0.1, -0.05) is 26.0 Å². The summed E-state index contributed by atoms with van der Waals surface area (Å²) in [5, 5.41) is 4.67. The van der Waals surface area contributed by atoms with Crippen LogP contribution in [0, 0.1) is 12.8 Å². The van der Waals surface area contributed by atoms with Gasteiger partial charge < -0.3 is 10.1 Å². The van der Waals surface area contributed by atoms with Crippen LogP contribution in [0.2, 0.25) is 0 Å². The Balaban J connectivity index is 1.97. The van der Waals surface area contributed by atoms with Crippen LogP contribution < -0.4 is 10.1 Å². The molecule has 0 atom stereocenters. The molecule has 21 heavy (non-hydrogen) atoms. The second-order valence-electron chi connectivity index (χ2n) is 5.67. The topological polar surface area (TPSA) is 34.1 Å². The minimum atomic E-state index is 0.678. The molecule has 2 aromatic rings. The Kier molecular flexibility index (Phi) is 5.76. The van der Waals surface area contributed by atoms with E-state index in [1.807, 2.05) is 23.5 Å². The zero-order valence-electron chi connectivity index (χ0n) is 13.3. The minimum absolute atomic E-state index is 0.678. The highest BCUT2D eigenvalue weighted by Crippen LogP contribution is 2.22. The molecule has 114 valence electrons. The van der Waals surface area contributed by atoms with Crippen LogP contribution in [0.5, 0.6) is 5.75 Å². The number of aryl methyl sites for hydroxylation is 1. The first kappa shape index (κ1) is 16.0. The molecule has 0 fully saturated rings. The number of rotatable bonds is 7. The number of nitrogens with zero attached hydrogens (tertiary/aromatic N) is 1. The molecule has 1 aromatic heterocycles. The molecule has 1 N–H and O–H groups in total. The maximum absolute atomic E-state index is 5.18. The van der Waals surface area contributed by atoms with E-state index in [0.29, 0.717) is 5.92 Å². The third-order valence-electron chi connectivity index (χ3n) is 3.29. The summed E-state index contributed by atoms with van der Waals surface area (Å²) in [6, 6.07) is 8.21. The first-order chi connectivity index (χ1) is 10.1. The van der Waals surface area contributed by atoms with Crippen molar-refractivity contribution in [3.05, 3.63) is 45.4 Å². The normalized spacial score (nSPS) is 11.1. The standard InChI is InChI=1S/C17H24N2OS/c1-12(2)10-18-11-16-13(3)19-17(21-16)9-14-5-7-15(20-4)8-6-14/h5-8,12,18H,9-11H2,1-4H3. The van der Waals surface area contributed by atoms with Gasteiger partial charge in [0.1, 0.15) is 5.75 Å². The van der Waals surface area contributed by atoms with Crippen LogP contribution in [-0.2, 0) is 13.0 Å². The van der Waals surface area contributed by atoms with Crippen molar-refractivity contribution < 1.29 is 4.74 Å². The summed E-state index contributed by atoms with van der Waals surface area (Å²) in [5.41, 5.74) is 2.42. The van der Waals surface area contributed by atoms with Crippen LogP contribution in [-0.4, -0.2) is 18.6 Å². The molecule has 0 aliphatic rings. The molecule has 0 unspecified atom stereocenters. The Morgan fingerprint density at radius 3 is 2.57 bits per heavy atom. The molecule has 0 saturated carbocycles. The van der Waals surface area contributed by atoms with Crippen molar-refractivity contribution in [3.63, 3.8) is 0 Å². The molecule has 0 spiro atoms. The highest BCUT2D eigenvalue weighted by atomic mass is 32.1. The molecule has 0 saturated heterocycles. The number of ether oxygens (including phenoxy) is 1. The van der Waals surface area contributed by atoms with Crippen LogP contribution in [0.25, 0.3) is 0 Å². The van der Waals surface area contributed by atoms with Crippen molar-refractivity contribution in [2.24, 2.45) is 5.92 Å². The number of thiazole rings is 1. The lowest BCUT2D eigenvalue weighted by molar-refractivity contribution is 0.414. The minimum Gasteiger partial charge on any atom is -0.497 e. The van der Waals surface area contributed by atoms with E-state index < -0.39 is 0 Å². The van der Waals surface area contributed by atoms with Crippen LogP contribution in [0.4, 0.5) is 0 Å². The van der Waals surface area contributed by atoms with Crippen LogP contribution >= 0.6 is 11.3 Å². The Morgan fingerprint density at radius 2 is 1.95 bits per heavy atom. The first-order valence-electron chi connectivity index (χ1n) is 7.37. The largest absolute Gasteiger partial charge is 0.497 e. The van der Waals surface area contributed by atoms with Crippen LogP contribution in [0.15, 0.2) is 24.3 Å². The van der Waals surface area contributed by atoms with Crippen molar-refractivity contribution in [1.29, 1.82) is 0 Å². The molecule has 0 amide bonds. The number of benzene rings is 1. The van der Waals surface area contributed by atoms with E-state index in [1.165, 1.54) is 15.4 Å². The van der Waals surface area contributed by atoms with Crippen molar-refractivity contribution in [2.75, 3.05) is 13.7 Å². The highest BCUT2D eigenvalue weighted by Gasteiger charge is 2.08. The van der Waals surface area contributed by atoms with Gasteiger partial charge in [0.15, 0.2) is 0 Å². The SMILES string of the molecule is COc1ccc(Cc2nc(C)c(CNCC(C)C)s2)cc1. The summed E-state index contributed by atoms with van der Waals surface area (Å²) >= 11 is 1.81. The summed E-state index contributed by atoms with van der Waals surface area (Å²) in [7, 11) is 1.69. The smallest absolute Gasteiger partial charge is 0.118 e. The molecule has 4 heteroatoms. The lowest BCUT2D eigenvalue weighted by Gasteiger charge is -2.05. The zero-order valence-corrected chi connectivity index (χ0v) is 14.1. The first-order valence-corrected chi connectivity index (χ1v) is 8.19. The Hall–Kier alpha value is -1.39. The van der Waals surface area contributed by atoms with Crippen molar-refractivity contribution in [2.45, 2.75) is 33.7 Å². The van der Waals surface area contributed by atoms with E-state index in [1.54, 1.807) is 7.11 Å². The fourth-order valence-electron chi connectivity index (χ4n) is 2.12.